The van der Waals surface area contributed by atoms with Crippen molar-refractivity contribution in [1.82, 2.24) is 5.32 Å². The van der Waals surface area contributed by atoms with E-state index in [1.165, 1.54) is 0 Å². The van der Waals surface area contributed by atoms with E-state index in [2.05, 4.69) is 5.32 Å². The minimum absolute atomic E-state index is 0.000526. The molecule has 0 fully saturated rings. The van der Waals surface area contributed by atoms with Gasteiger partial charge in [0.1, 0.15) is 30.3 Å². The predicted molar refractivity (Wildman–Crippen MR) is 153 cm³/mol. The minimum atomic E-state index is -0.874. The maximum atomic E-state index is 12.5. The molecule has 5 aromatic rings. The molecule has 7 heteroatoms. The van der Waals surface area contributed by atoms with E-state index < -0.39 is 5.97 Å². The Morgan fingerprint density at radius 1 is 0.775 bits per heavy atom. The molecule has 7 nitrogen and oxygen atoms in total. The van der Waals surface area contributed by atoms with Gasteiger partial charge in [0.05, 0.1) is 6.26 Å². The number of carbonyl (C=O) groups excluding carboxylic acids is 1. The average molecular weight is 536 g/mol. The number of nitrogens with one attached hydrogen (secondary N) is 1. The molecule has 0 bridgehead atoms. The van der Waals surface area contributed by atoms with Crippen LogP contribution in [-0.2, 0) is 17.8 Å². The zero-order chi connectivity index (χ0) is 27.7. The Morgan fingerprint density at radius 2 is 1.45 bits per heavy atom. The zero-order valence-electron chi connectivity index (χ0n) is 21.8. The van der Waals surface area contributed by atoms with Crippen molar-refractivity contribution in [1.29, 1.82) is 0 Å². The van der Waals surface area contributed by atoms with Gasteiger partial charge in [0.2, 0.25) is 0 Å². The summed E-state index contributed by atoms with van der Waals surface area (Å²) in [6.45, 7) is 0.874. The number of benzene rings is 4. The van der Waals surface area contributed by atoms with Gasteiger partial charge in [0.25, 0.3) is 5.91 Å². The normalized spacial score (nSPS) is 10.8. The van der Waals surface area contributed by atoms with Crippen LogP contribution in [0.15, 0.2) is 108 Å². The first kappa shape index (κ1) is 26.6. The largest absolute Gasteiger partial charge is 0.490 e. The number of aryl methyl sites for hydroxylation is 1. The van der Waals surface area contributed by atoms with Gasteiger partial charge in [-0.1, -0.05) is 54.6 Å². The number of hydrogen-bond donors (Lipinski definition) is 2. The molecule has 0 atom stereocenters. The fourth-order valence-corrected chi connectivity index (χ4v) is 4.47. The highest BCUT2D eigenvalue weighted by atomic mass is 16.5. The van der Waals surface area contributed by atoms with Crippen molar-refractivity contribution in [2.45, 2.75) is 19.4 Å². The van der Waals surface area contributed by atoms with Gasteiger partial charge < -0.3 is 24.3 Å². The van der Waals surface area contributed by atoms with E-state index in [9.17, 15) is 9.59 Å². The molecule has 0 unspecified atom stereocenters. The van der Waals surface area contributed by atoms with Gasteiger partial charge in [-0.3, -0.25) is 9.59 Å². The number of fused-ring (bicyclic) bond motifs is 1. The number of aliphatic carboxylic acids is 1. The van der Waals surface area contributed by atoms with Crippen molar-refractivity contribution >= 4 is 22.8 Å². The molecular weight excluding hydrogens is 506 g/mol. The van der Waals surface area contributed by atoms with Gasteiger partial charge in [0, 0.05) is 35.5 Å². The lowest BCUT2D eigenvalue weighted by atomic mass is 10.0. The van der Waals surface area contributed by atoms with Gasteiger partial charge >= 0.3 is 5.97 Å². The maximum absolute atomic E-state index is 12.5. The van der Waals surface area contributed by atoms with Crippen LogP contribution in [0, 0.1) is 0 Å². The van der Waals surface area contributed by atoms with Gasteiger partial charge in [-0.2, -0.15) is 0 Å². The van der Waals surface area contributed by atoms with Crippen molar-refractivity contribution in [3.8, 4) is 22.6 Å². The molecule has 0 aliphatic heterocycles. The minimum Gasteiger partial charge on any atom is -0.490 e. The van der Waals surface area contributed by atoms with E-state index in [-0.39, 0.29) is 18.9 Å². The summed E-state index contributed by atoms with van der Waals surface area (Å²) >= 11 is 0. The number of carboxylic acid groups (broad SMARTS) is 1. The lowest BCUT2D eigenvalue weighted by Crippen LogP contribution is -2.23. The Bertz CT molecular complexity index is 1590. The lowest BCUT2D eigenvalue weighted by molar-refractivity contribution is -0.136. The van der Waals surface area contributed by atoms with Crippen LogP contribution >= 0.6 is 0 Å². The fourth-order valence-electron chi connectivity index (χ4n) is 4.47. The SMILES string of the molecule is O=C(O)CCc1ccc(OCCOc2ccc3c(-c4ccccc4)coc3c2)cc1CNC(=O)c1ccccc1. The van der Waals surface area contributed by atoms with Crippen LogP contribution in [0.3, 0.4) is 0 Å². The van der Waals surface area contributed by atoms with Gasteiger partial charge in [0.15, 0.2) is 0 Å². The molecule has 0 aliphatic carbocycles. The van der Waals surface area contributed by atoms with E-state index in [1.807, 2.05) is 66.7 Å². The standard InChI is InChI=1S/C33H29NO6/c35-32(36)16-12-23-11-13-27(19-26(23)21-34-33(37)25-9-5-2-6-10-25)38-17-18-39-28-14-15-29-30(22-40-31(29)20-28)24-7-3-1-4-8-24/h1-11,13-15,19-20,22H,12,16-18,21H2,(H,34,37)(H,35,36). The van der Waals surface area contributed by atoms with E-state index in [1.54, 1.807) is 36.6 Å². The molecule has 1 heterocycles. The Hall–Kier alpha value is -5.04. The second kappa shape index (κ2) is 12.7. The summed E-state index contributed by atoms with van der Waals surface area (Å²) in [5.41, 5.74) is 5.09. The summed E-state index contributed by atoms with van der Waals surface area (Å²) in [7, 11) is 0. The Morgan fingerprint density at radius 3 is 2.17 bits per heavy atom. The molecule has 2 N–H and O–H groups in total. The van der Waals surface area contributed by atoms with Crippen LogP contribution < -0.4 is 14.8 Å². The average Bonchev–Trinajstić information content (AvgIpc) is 3.41. The molecule has 5 rings (SSSR count). The smallest absolute Gasteiger partial charge is 0.303 e. The molecule has 1 amide bonds. The van der Waals surface area contributed by atoms with Crippen LogP contribution in [-0.4, -0.2) is 30.2 Å². The first-order valence-electron chi connectivity index (χ1n) is 13.1. The molecule has 0 aliphatic rings. The van der Waals surface area contributed by atoms with Gasteiger partial charge in [-0.25, -0.2) is 0 Å². The summed E-state index contributed by atoms with van der Waals surface area (Å²) in [5.74, 6) is 0.216. The van der Waals surface area contributed by atoms with Crippen LogP contribution in [0.25, 0.3) is 22.1 Å². The number of ether oxygens (including phenoxy) is 2. The van der Waals surface area contributed by atoms with Gasteiger partial charge in [-0.05, 0) is 59.5 Å². The maximum Gasteiger partial charge on any atom is 0.303 e. The molecule has 0 saturated carbocycles. The second-order valence-corrected chi connectivity index (χ2v) is 9.24. The van der Waals surface area contributed by atoms with Crippen LogP contribution in [0.4, 0.5) is 0 Å². The highest BCUT2D eigenvalue weighted by Gasteiger charge is 2.11. The summed E-state index contributed by atoms with van der Waals surface area (Å²) in [5, 5.41) is 13.1. The summed E-state index contributed by atoms with van der Waals surface area (Å²) in [6, 6.07) is 30.3. The van der Waals surface area contributed by atoms with Crippen molar-refractivity contribution in [2.75, 3.05) is 13.2 Å². The summed E-state index contributed by atoms with van der Waals surface area (Å²) in [4.78, 5) is 23.6. The van der Waals surface area contributed by atoms with E-state index in [0.29, 0.717) is 36.7 Å². The van der Waals surface area contributed by atoms with Crippen LogP contribution in [0.5, 0.6) is 11.5 Å². The molecule has 0 spiro atoms. The fraction of sp³-hybridized carbons (Fsp3) is 0.152. The molecule has 1 aromatic heterocycles. The Balaban J connectivity index is 1.19. The monoisotopic (exact) mass is 535 g/mol. The third kappa shape index (κ3) is 6.69. The van der Waals surface area contributed by atoms with E-state index >= 15 is 0 Å². The topological polar surface area (TPSA) is 98.0 Å². The third-order valence-corrected chi connectivity index (χ3v) is 6.51. The van der Waals surface area contributed by atoms with Crippen molar-refractivity contribution < 1.29 is 28.6 Å². The molecule has 202 valence electrons. The number of hydrogen-bond acceptors (Lipinski definition) is 5. The zero-order valence-corrected chi connectivity index (χ0v) is 21.8. The quantitative estimate of drug-likeness (QED) is 0.177. The predicted octanol–water partition coefficient (Wildman–Crippen LogP) is 6.50. The summed E-state index contributed by atoms with van der Waals surface area (Å²) in [6.07, 6.45) is 2.11. The highest BCUT2D eigenvalue weighted by molar-refractivity contribution is 5.95. The second-order valence-electron chi connectivity index (χ2n) is 9.24. The molecule has 40 heavy (non-hydrogen) atoms. The lowest BCUT2D eigenvalue weighted by Gasteiger charge is -2.14. The number of rotatable bonds is 12. The van der Waals surface area contributed by atoms with Crippen molar-refractivity contribution in [3.63, 3.8) is 0 Å². The van der Waals surface area contributed by atoms with Crippen LogP contribution in [0.1, 0.15) is 27.9 Å². The van der Waals surface area contributed by atoms with Gasteiger partial charge in [-0.15, -0.1) is 0 Å². The number of carbonyl (C=O) groups is 2. The first-order chi connectivity index (χ1) is 19.6. The Kier molecular flexibility index (Phi) is 8.41. The third-order valence-electron chi connectivity index (χ3n) is 6.51. The van der Waals surface area contributed by atoms with Crippen molar-refractivity contribution in [2.24, 2.45) is 0 Å². The summed E-state index contributed by atoms with van der Waals surface area (Å²) < 4.78 is 17.6. The molecule has 0 radical (unpaired) electrons. The van der Waals surface area contributed by atoms with E-state index in [4.69, 9.17) is 19.0 Å². The van der Waals surface area contributed by atoms with Crippen LogP contribution in [0.2, 0.25) is 0 Å². The number of carboxylic acids is 1. The van der Waals surface area contributed by atoms with E-state index in [0.717, 1.165) is 33.2 Å². The molecular formula is C33H29NO6. The molecule has 0 saturated heterocycles. The van der Waals surface area contributed by atoms with Crippen molar-refractivity contribution in [3.05, 3.63) is 120 Å². The first-order valence-corrected chi connectivity index (χ1v) is 13.1. The molecule has 4 aromatic carbocycles. The number of amides is 1. The highest BCUT2D eigenvalue weighted by Crippen LogP contribution is 2.32. The Labute approximate surface area is 232 Å². The number of furan rings is 1.